The summed E-state index contributed by atoms with van der Waals surface area (Å²) in [4.78, 5) is 0. The summed E-state index contributed by atoms with van der Waals surface area (Å²) < 4.78 is 8.66. The van der Waals surface area contributed by atoms with E-state index in [4.69, 9.17) is 16.3 Å². The lowest BCUT2D eigenvalue weighted by Gasteiger charge is -2.44. The topological polar surface area (TPSA) is 14.2 Å². The van der Waals surface area contributed by atoms with Gasteiger partial charge in [0.1, 0.15) is 0 Å². The summed E-state index contributed by atoms with van der Waals surface area (Å²) in [5.41, 5.74) is 1.41. The van der Waals surface area contributed by atoms with Crippen LogP contribution in [-0.4, -0.2) is 16.8 Å². The van der Waals surface area contributed by atoms with Crippen molar-refractivity contribution in [1.82, 2.24) is 4.57 Å². The van der Waals surface area contributed by atoms with Gasteiger partial charge >= 0.3 is 0 Å². The molecule has 1 atom stereocenters. The lowest BCUT2D eigenvalue weighted by molar-refractivity contribution is -0.113. The summed E-state index contributed by atoms with van der Waals surface area (Å²) in [5, 5.41) is 2.02. The molecule has 1 unspecified atom stereocenters. The van der Waals surface area contributed by atoms with Gasteiger partial charge in [0.15, 0.2) is 0 Å². The van der Waals surface area contributed by atoms with Crippen LogP contribution in [0.15, 0.2) is 30.5 Å². The molecule has 2 fully saturated rings. The van der Waals surface area contributed by atoms with E-state index in [1.54, 1.807) is 0 Å². The molecule has 1 aliphatic heterocycles. The van der Waals surface area contributed by atoms with Crippen molar-refractivity contribution < 1.29 is 4.74 Å². The second kappa shape index (κ2) is 5.33. The number of fused-ring (bicyclic) bond motifs is 1. The zero-order valence-corrected chi connectivity index (χ0v) is 13.1. The highest BCUT2D eigenvalue weighted by Crippen LogP contribution is 2.43. The van der Waals surface area contributed by atoms with E-state index < -0.39 is 0 Å². The Kier molecular flexibility index (Phi) is 3.47. The van der Waals surface area contributed by atoms with Crippen molar-refractivity contribution in [3.8, 4) is 0 Å². The van der Waals surface area contributed by atoms with Gasteiger partial charge in [-0.1, -0.05) is 36.9 Å². The number of ether oxygens (including phenoxy) is 1. The molecule has 1 aromatic carbocycles. The van der Waals surface area contributed by atoms with Gasteiger partial charge in [0.25, 0.3) is 0 Å². The molecule has 1 saturated heterocycles. The lowest BCUT2D eigenvalue weighted by Crippen LogP contribution is -2.41. The minimum absolute atomic E-state index is 0.149. The molecule has 2 heterocycles. The number of benzene rings is 1. The predicted molar refractivity (Wildman–Crippen MR) is 87.0 cm³/mol. The molecule has 2 nitrogen and oxygen atoms in total. The van der Waals surface area contributed by atoms with Crippen LogP contribution < -0.4 is 0 Å². The second-order valence-electron chi connectivity index (χ2n) is 6.63. The Morgan fingerprint density at radius 1 is 1.14 bits per heavy atom. The monoisotopic (exact) mass is 303 g/mol. The van der Waals surface area contributed by atoms with Gasteiger partial charge in [0.05, 0.1) is 5.60 Å². The number of hydrogen-bond acceptors (Lipinski definition) is 1. The molecule has 1 saturated carbocycles. The molecule has 0 bridgehead atoms. The van der Waals surface area contributed by atoms with E-state index in [0.717, 1.165) is 24.5 Å². The van der Waals surface area contributed by atoms with Crippen LogP contribution >= 0.6 is 11.6 Å². The second-order valence-corrected chi connectivity index (χ2v) is 7.04. The molecule has 0 N–H and O–H groups in total. The average molecular weight is 304 g/mol. The molecule has 21 heavy (non-hydrogen) atoms. The molecule has 2 aromatic rings. The van der Waals surface area contributed by atoms with E-state index in [1.807, 2.05) is 6.07 Å². The van der Waals surface area contributed by atoms with Crippen LogP contribution in [0.25, 0.3) is 10.9 Å². The van der Waals surface area contributed by atoms with E-state index in [9.17, 15) is 0 Å². The minimum Gasteiger partial charge on any atom is -0.375 e. The van der Waals surface area contributed by atoms with E-state index in [-0.39, 0.29) is 5.60 Å². The van der Waals surface area contributed by atoms with Crippen molar-refractivity contribution in [1.29, 1.82) is 0 Å². The molecule has 0 radical (unpaired) electrons. The normalized spacial score (nSPS) is 25.5. The fourth-order valence-corrected chi connectivity index (χ4v) is 4.49. The summed E-state index contributed by atoms with van der Waals surface area (Å²) in [5.74, 6) is 0. The Hall–Kier alpha value is -0.990. The molecular weight excluding hydrogens is 282 g/mol. The van der Waals surface area contributed by atoms with Gasteiger partial charge in [-0.25, -0.2) is 0 Å². The van der Waals surface area contributed by atoms with Crippen molar-refractivity contribution in [2.75, 3.05) is 6.61 Å². The van der Waals surface area contributed by atoms with Gasteiger partial charge in [-0.05, 0) is 43.9 Å². The Morgan fingerprint density at radius 3 is 2.86 bits per heavy atom. The third kappa shape index (κ3) is 2.39. The van der Waals surface area contributed by atoms with Crippen molar-refractivity contribution in [2.24, 2.45) is 0 Å². The summed E-state index contributed by atoms with van der Waals surface area (Å²) in [7, 11) is 0. The van der Waals surface area contributed by atoms with Crippen molar-refractivity contribution >= 4 is 22.5 Å². The number of hydrogen-bond donors (Lipinski definition) is 0. The van der Waals surface area contributed by atoms with Gasteiger partial charge in [-0.15, -0.1) is 0 Å². The Balaban J connectivity index is 1.67. The van der Waals surface area contributed by atoms with Crippen LogP contribution in [0.3, 0.4) is 0 Å². The third-order valence-corrected chi connectivity index (χ3v) is 5.66. The number of nitrogens with zero attached hydrogens (tertiary/aromatic N) is 1. The van der Waals surface area contributed by atoms with Gasteiger partial charge < -0.3 is 9.30 Å². The Labute approximate surface area is 131 Å². The summed E-state index contributed by atoms with van der Waals surface area (Å²) in [6.45, 7) is 0.894. The predicted octanol–water partition coefficient (Wildman–Crippen LogP) is 5.35. The number of halogens is 1. The highest BCUT2D eigenvalue weighted by atomic mass is 35.5. The summed E-state index contributed by atoms with van der Waals surface area (Å²) in [6.07, 6.45) is 11.0. The molecule has 1 aromatic heterocycles. The Morgan fingerprint density at radius 2 is 2.00 bits per heavy atom. The first-order valence-corrected chi connectivity index (χ1v) is 8.54. The van der Waals surface area contributed by atoms with Crippen molar-refractivity contribution in [3.63, 3.8) is 0 Å². The molecule has 4 rings (SSSR count). The molecule has 0 amide bonds. The van der Waals surface area contributed by atoms with E-state index in [2.05, 4.69) is 29.0 Å². The van der Waals surface area contributed by atoms with Gasteiger partial charge in [-0.2, -0.15) is 0 Å². The standard InChI is InChI=1S/C18H22ClNO/c19-16-5-4-6-17-15(16)7-11-20(17)14-8-12-21-18(13-14)9-2-1-3-10-18/h4-7,11,14H,1-3,8-10,12-13H2. The zero-order chi connectivity index (χ0) is 14.3. The maximum absolute atomic E-state index is 6.31. The van der Waals surface area contributed by atoms with Crippen LogP contribution in [0.5, 0.6) is 0 Å². The first kappa shape index (κ1) is 13.7. The fourth-order valence-electron chi connectivity index (χ4n) is 4.25. The molecule has 1 aliphatic carbocycles. The molecular formula is C18H22ClNO. The quantitative estimate of drug-likeness (QED) is 0.692. The largest absolute Gasteiger partial charge is 0.375 e. The average Bonchev–Trinajstić information content (AvgIpc) is 2.93. The van der Waals surface area contributed by atoms with Crippen LogP contribution in [0.1, 0.15) is 51.0 Å². The van der Waals surface area contributed by atoms with Crippen molar-refractivity contribution in [2.45, 2.75) is 56.6 Å². The molecule has 3 heteroatoms. The van der Waals surface area contributed by atoms with Gasteiger partial charge in [0.2, 0.25) is 0 Å². The number of rotatable bonds is 1. The zero-order valence-electron chi connectivity index (χ0n) is 12.4. The number of aromatic nitrogens is 1. The van der Waals surface area contributed by atoms with Crippen LogP contribution in [-0.2, 0) is 4.74 Å². The van der Waals surface area contributed by atoms with Gasteiger partial charge in [0, 0.05) is 34.8 Å². The highest BCUT2D eigenvalue weighted by Gasteiger charge is 2.39. The summed E-state index contributed by atoms with van der Waals surface area (Å²) in [6, 6.07) is 8.91. The fraction of sp³-hybridized carbons (Fsp3) is 0.556. The van der Waals surface area contributed by atoms with Crippen molar-refractivity contribution in [3.05, 3.63) is 35.5 Å². The SMILES string of the molecule is Clc1cccc2c1ccn2C1CCOC2(CCCCC2)C1. The van der Waals surface area contributed by atoms with Crippen LogP contribution in [0, 0.1) is 0 Å². The first-order chi connectivity index (χ1) is 10.3. The van der Waals surface area contributed by atoms with Crippen LogP contribution in [0.2, 0.25) is 5.02 Å². The molecule has 2 aliphatic rings. The van der Waals surface area contributed by atoms with E-state index in [0.29, 0.717) is 6.04 Å². The van der Waals surface area contributed by atoms with Crippen LogP contribution in [0.4, 0.5) is 0 Å². The third-order valence-electron chi connectivity index (χ3n) is 5.34. The first-order valence-electron chi connectivity index (χ1n) is 8.16. The molecule has 112 valence electrons. The lowest BCUT2D eigenvalue weighted by atomic mass is 9.78. The highest BCUT2D eigenvalue weighted by molar-refractivity contribution is 6.35. The minimum atomic E-state index is 0.149. The maximum Gasteiger partial charge on any atom is 0.0702 e. The van der Waals surface area contributed by atoms with E-state index in [1.165, 1.54) is 43.0 Å². The van der Waals surface area contributed by atoms with Gasteiger partial charge in [-0.3, -0.25) is 0 Å². The summed E-state index contributed by atoms with van der Waals surface area (Å²) >= 11 is 6.31. The van der Waals surface area contributed by atoms with E-state index >= 15 is 0 Å². The smallest absolute Gasteiger partial charge is 0.0702 e. The maximum atomic E-state index is 6.31. The molecule has 1 spiro atoms. The Bertz CT molecular complexity index is 636.